The van der Waals surface area contributed by atoms with Gasteiger partial charge in [-0.05, 0) is 94.2 Å². The van der Waals surface area contributed by atoms with Gasteiger partial charge >= 0.3 is 0 Å². The molecule has 0 radical (unpaired) electrons. The normalized spacial score (nSPS) is 33.9. The van der Waals surface area contributed by atoms with Crippen LogP contribution in [0.15, 0.2) is 0 Å². The molecule has 7 nitrogen and oxygen atoms in total. The minimum atomic E-state index is -1.41. The van der Waals surface area contributed by atoms with Gasteiger partial charge in [-0.25, -0.2) is 0 Å². The van der Waals surface area contributed by atoms with Gasteiger partial charge in [0.05, 0.1) is 0 Å². The maximum atomic E-state index is 3.89. The van der Waals surface area contributed by atoms with E-state index >= 15 is 0 Å². The smallest absolute Gasteiger partial charge is 0.188 e. The Morgan fingerprint density at radius 3 is 1.54 bits per heavy atom. The van der Waals surface area contributed by atoms with Crippen molar-refractivity contribution in [3.8, 4) is 0 Å². The number of hydrogen-bond acceptors (Lipinski definition) is 7. The zero-order valence-corrected chi connectivity index (χ0v) is 29.2. The van der Waals surface area contributed by atoms with Crippen molar-refractivity contribution in [1.29, 1.82) is 0 Å². The molecule has 168 valence electrons. The molecule has 2 rings (SSSR count). The van der Waals surface area contributed by atoms with Gasteiger partial charge in [-0.15, -0.1) is 0 Å². The second-order valence-corrected chi connectivity index (χ2v) is 37.9. The van der Waals surface area contributed by atoms with Gasteiger partial charge in [-0.2, -0.15) is 0 Å². The second-order valence-electron chi connectivity index (χ2n) is 10.5. The summed E-state index contributed by atoms with van der Waals surface area (Å²) in [5.74, 6) is 0. The molecular weight excluding hydrogens is 463 g/mol. The summed E-state index contributed by atoms with van der Waals surface area (Å²) < 4.78 is 21.1. The van der Waals surface area contributed by atoms with Gasteiger partial charge in [-0.3, -0.25) is 0 Å². The largest absolute Gasteiger partial charge is 0.343 e. The van der Waals surface area contributed by atoms with Gasteiger partial charge in [-0.1, -0.05) is 0 Å². The molecule has 1 atom stereocenters. The first kappa shape index (κ1) is 27.3. The summed E-state index contributed by atoms with van der Waals surface area (Å²) in [5.41, 5.74) is 0. The van der Waals surface area contributed by atoms with Crippen LogP contribution in [-0.4, -0.2) is 119 Å². The van der Waals surface area contributed by atoms with E-state index in [1.165, 1.54) is 0 Å². The van der Waals surface area contributed by atoms with Gasteiger partial charge in [0, 0.05) is 0 Å². The van der Waals surface area contributed by atoms with E-state index in [2.05, 4.69) is 125 Å². The molecule has 0 saturated carbocycles. The second kappa shape index (κ2) is 9.39. The van der Waals surface area contributed by atoms with Crippen molar-refractivity contribution in [2.24, 2.45) is 0 Å². The Hall–Kier alpha value is 1.24. The lowest BCUT2D eigenvalue weighted by Gasteiger charge is -2.55. The molecule has 0 aromatic rings. The molecule has 2 heterocycles. The van der Waals surface area contributed by atoms with E-state index in [1.54, 1.807) is 0 Å². The minimum absolute atomic E-state index is 0.142. The Morgan fingerprint density at radius 1 is 0.643 bits per heavy atom. The fourth-order valence-electron chi connectivity index (χ4n) is 3.80. The van der Waals surface area contributed by atoms with Crippen molar-refractivity contribution in [3.63, 3.8) is 0 Å². The van der Waals surface area contributed by atoms with E-state index in [0.717, 1.165) is 0 Å². The molecule has 2 aliphatic rings. The lowest BCUT2D eigenvalue weighted by molar-refractivity contribution is 0.563. The number of hydrogen-bond donors (Lipinski definition) is 2. The highest BCUT2D eigenvalue weighted by atomic mass is 28.5. The monoisotopic (exact) mass is 511 g/mol. The molecular formula is C14H49N7Si7. The zero-order chi connectivity index (χ0) is 22.3. The third kappa shape index (κ3) is 5.53. The maximum absolute atomic E-state index is 3.89. The maximum Gasteiger partial charge on any atom is 0.188 e. The third-order valence-corrected chi connectivity index (χ3v) is 44.6. The highest BCUT2D eigenvalue weighted by Gasteiger charge is 2.47. The Labute approximate surface area is 186 Å². The average Bonchev–Trinajstić information content (AvgIpc) is 2.60. The summed E-state index contributed by atoms with van der Waals surface area (Å²) in [7, 11) is 5.17. The molecule has 0 spiro atoms. The fraction of sp³-hybridized carbons (Fsp3) is 1.00. The van der Waals surface area contributed by atoms with Gasteiger partial charge in [0.25, 0.3) is 0 Å². The molecule has 28 heavy (non-hydrogen) atoms. The molecule has 1 unspecified atom stereocenters. The predicted octanol–water partition coefficient (Wildman–Crippen LogP) is -0.507. The summed E-state index contributed by atoms with van der Waals surface area (Å²) in [4.78, 5) is 0. The van der Waals surface area contributed by atoms with Crippen molar-refractivity contribution in [1.82, 2.24) is 30.5 Å². The Bertz CT molecular complexity index is 534. The summed E-state index contributed by atoms with van der Waals surface area (Å²) in [6.07, 6.45) is 0. The summed E-state index contributed by atoms with van der Waals surface area (Å²) in [6.45, 7) is 22.1. The summed E-state index contributed by atoms with van der Waals surface area (Å²) in [5, 5.41) is 0. The van der Waals surface area contributed by atoms with E-state index in [1.807, 2.05) is 0 Å². The first-order valence-corrected chi connectivity index (χ1v) is 27.1. The van der Waals surface area contributed by atoms with Crippen LogP contribution in [0.4, 0.5) is 0 Å². The molecule has 2 saturated heterocycles. The van der Waals surface area contributed by atoms with Crippen LogP contribution in [0.5, 0.6) is 0 Å². The van der Waals surface area contributed by atoms with Crippen LogP contribution in [0.2, 0.25) is 58.9 Å². The molecule has 0 aromatic heterocycles. The van der Waals surface area contributed by atoms with Crippen LogP contribution in [0.3, 0.4) is 0 Å². The van der Waals surface area contributed by atoms with Crippen molar-refractivity contribution < 1.29 is 0 Å². The summed E-state index contributed by atoms with van der Waals surface area (Å²) in [6, 6.07) is 0. The lowest BCUT2D eigenvalue weighted by atomic mass is 11.6. The molecule has 0 aromatic carbocycles. The quantitative estimate of drug-likeness (QED) is 0.425. The van der Waals surface area contributed by atoms with Gasteiger partial charge in [0.2, 0.25) is 0 Å². The fourth-order valence-corrected chi connectivity index (χ4v) is 37.3. The van der Waals surface area contributed by atoms with Crippen molar-refractivity contribution in [2.75, 3.05) is 35.2 Å². The highest BCUT2D eigenvalue weighted by molar-refractivity contribution is 6.96. The van der Waals surface area contributed by atoms with Crippen LogP contribution < -0.4 is 9.30 Å². The Balaban J connectivity index is 0.000000292. The topological polar surface area (TPSA) is 40.3 Å². The molecule has 2 N–H and O–H groups in total. The van der Waals surface area contributed by atoms with Crippen molar-refractivity contribution >= 4 is 62.4 Å². The molecule has 0 aliphatic carbocycles. The number of nitrogens with zero attached hydrogens (tertiary/aromatic N) is 5. The average molecular weight is 512 g/mol. The lowest BCUT2D eigenvalue weighted by Crippen LogP contribution is -2.79. The van der Waals surface area contributed by atoms with E-state index in [0.29, 0.717) is 0 Å². The van der Waals surface area contributed by atoms with Crippen LogP contribution in [0.25, 0.3) is 0 Å². The van der Waals surface area contributed by atoms with Crippen LogP contribution in [0.1, 0.15) is 0 Å². The molecule has 0 bridgehead atoms. The van der Waals surface area contributed by atoms with Gasteiger partial charge in [0.15, 0.2) is 62.4 Å². The predicted molar refractivity (Wildman–Crippen MR) is 145 cm³/mol. The van der Waals surface area contributed by atoms with Crippen LogP contribution >= 0.6 is 0 Å². The standard InChI is InChI=1S/C8H28N4Si4.C6H21N3Si3/c1-10-13-9-14(4)11(2)16(7,8)12(3)15(10,5)6;1-8-10-7-11(3,4)9(2)12(8,5)6/h9,14H,13H2,1-8H3;7H,10H2,1-6H3. The van der Waals surface area contributed by atoms with E-state index in [-0.39, 0.29) is 19.7 Å². The van der Waals surface area contributed by atoms with E-state index < -0.39 is 42.7 Å². The number of nitrogens with one attached hydrogen (secondary N) is 2. The van der Waals surface area contributed by atoms with Crippen LogP contribution in [0, 0.1) is 0 Å². The Kier molecular flexibility index (Phi) is 9.14. The number of rotatable bonds is 0. The van der Waals surface area contributed by atoms with Crippen LogP contribution in [-0.2, 0) is 0 Å². The van der Waals surface area contributed by atoms with Gasteiger partial charge in [0.1, 0.15) is 0 Å². The zero-order valence-electron chi connectivity index (χ0n) is 21.2. The van der Waals surface area contributed by atoms with Crippen molar-refractivity contribution in [3.05, 3.63) is 0 Å². The third-order valence-electron chi connectivity index (χ3n) is 7.99. The van der Waals surface area contributed by atoms with E-state index in [9.17, 15) is 0 Å². The Morgan fingerprint density at radius 2 is 1.07 bits per heavy atom. The molecule has 14 heteroatoms. The first-order chi connectivity index (χ1) is 12.4. The van der Waals surface area contributed by atoms with Crippen molar-refractivity contribution in [2.45, 2.75) is 58.9 Å². The molecule has 2 aliphatic heterocycles. The first-order valence-electron chi connectivity index (χ1n) is 10.5. The van der Waals surface area contributed by atoms with E-state index in [4.69, 9.17) is 0 Å². The molecule has 2 fully saturated rings. The molecule has 0 amide bonds. The summed E-state index contributed by atoms with van der Waals surface area (Å²) >= 11 is 0. The highest BCUT2D eigenvalue weighted by Crippen LogP contribution is 2.23. The van der Waals surface area contributed by atoms with Gasteiger partial charge < -0.3 is 30.5 Å². The minimum Gasteiger partial charge on any atom is -0.343 e. The SMILES string of the molecule is CN1[SiH2]N[SiH](C)N(C)[Si](C)(C)N(C)[Si]1(C)C.CN1[SiH2]N[Si](C)(C)N(C)[Si]1(C)C.